The number of hydrogen-bond donors (Lipinski definition) is 1. The molecule has 1 unspecified atom stereocenters. The fraction of sp³-hybridized carbons (Fsp3) is 0.562. The number of amides is 2. The van der Waals surface area contributed by atoms with Gasteiger partial charge in [0.2, 0.25) is 11.8 Å². The molecule has 3 aliphatic rings. The van der Waals surface area contributed by atoms with Gasteiger partial charge >= 0.3 is 0 Å². The lowest BCUT2D eigenvalue weighted by atomic mass is 9.76. The van der Waals surface area contributed by atoms with Gasteiger partial charge in [-0.1, -0.05) is 49.2 Å². The van der Waals surface area contributed by atoms with E-state index in [2.05, 4.69) is 41.1 Å². The van der Waals surface area contributed by atoms with Gasteiger partial charge in [-0.2, -0.15) is 0 Å². The Morgan fingerprint density at radius 2 is 1.83 bits per heavy atom. The summed E-state index contributed by atoms with van der Waals surface area (Å²) in [5.41, 5.74) is 1.53. The number of nitrogens with zero attached hydrogens (tertiary/aromatic N) is 3. The van der Waals surface area contributed by atoms with Crippen LogP contribution >= 0.6 is 23.2 Å². The molecule has 0 aliphatic carbocycles. The third-order valence-corrected chi connectivity index (χ3v) is 10.1. The quantitative estimate of drug-likeness (QED) is 0.398. The van der Waals surface area contributed by atoms with Crippen LogP contribution in [0.1, 0.15) is 57.9 Å². The normalized spacial score (nSPS) is 22.5. The van der Waals surface area contributed by atoms with Crippen LogP contribution in [0.4, 0.5) is 5.69 Å². The maximum absolute atomic E-state index is 13.1. The van der Waals surface area contributed by atoms with Gasteiger partial charge in [0.05, 0.1) is 23.8 Å². The van der Waals surface area contributed by atoms with Gasteiger partial charge in [-0.3, -0.25) is 9.59 Å². The molecule has 7 nitrogen and oxygen atoms in total. The van der Waals surface area contributed by atoms with E-state index in [0.717, 1.165) is 76.3 Å². The predicted molar refractivity (Wildman–Crippen MR) is 165 cm³/mol. The Labute approximate surface area is 254 Å². The number of carbonyl (C=O) groups is 2. The molecule has 3 heterocycles. The van der Waals surface area contributed by atoms with Crippen LogP contribution in [0, 0.1) is 5.92 Å². The molecule has 2 amide bonds. The van der Waals surface area contributed by atoms with Crippen molar-refractivity contribution in [1.29, 1.82) is 0 Å². The minimum absolute atomic E-state index is 0.121. The van der Waals surface area contributed by atoms with Crippen LogP contribution in [0.3, 0.4) is 0 Å². The van der Waals surface area contributed by atoms with Crippen molar-refractivity contribution in [3.8, 4) is 5.75 Å². The first-order valence-electron chi connectivity index (χ1n) is 14.8. The van der Waals surface area contributed by atoms with Crippen LogP contribution in [0.5, 0.6) is 5.75 Å². The maximum atomic E-state index is 13.1. The molecule has 3 saturated heterocycles. The van der Waals surface area contributed by atoms with Gasteiger partial charge in [0, 0.05) is 49.8 Å². The molecular weight excluding hydrogens is 559 g/mol. The number of halogens is 2. The van der Waals surface area contributed by atoms with Gasteiger partial charge in [-0.05, 0) is 74.4 Å². The Morgan fingerprint density at radius 3 is 2.54 bits per heavy atom. The lowest BCUT2D eigenvalue weighted by Gasteiger charge is -2.43. The standard InChI is InChI=1S/C32H42Cl2N4O3/c1-23(2)18-29(39)37-17-11-31(21-37,24-8-9-27(33)28(34)19-24)10-5-14-36-15-12-32(13-16-36)30(40)35-22-38(32)25-6-4-7-26(20-25)41-3/h4,6-9,19-20,23H,5,10-18,21-22H2,1-3H3,(H,35,40). The van der Waals surface area contributed by atoms with E-state index in [0.29, 0.717) is 29.1 Å². The van der Waals surface area contributed by atoms with Crippen molar-refractivity contribution in [2.24, 2.45) is 5.92 Å². The first-order valence-corrected chi connectivity index (χ1v) is 15.6. The summed E-state index contributed by atoms with van der Waals surface area (Å²) < 4.78 is 5.43. The number of nitrogens with one attached hydrogen (secondary N) is 1. The van der Waals surface area contributed by atoms with Crippen LogP contribution in [0.15, 0.2) is 42.5 Å². The van der Waals surface area contributed by atoms with Gasteiger partial charge in [0.1, 0.15) is 11.3 Å². The van der Waals surface area contributed by atoms with Crippen LogP contribution < -0.4 is 15.0 Å². The number of ether oxygens (including phenoxy) is 1. The Balaban J connectivity index is 1.24. The summed E-state index contributed by atoms with van der Waals surface area (Å²) in [6.07, 6.45) is 5.04. The van der Waals surface area contributed by atoms with Gasteiger partial charge in [-0.25, -0.2) is 0 Å². The van der Waals surface area contributed by atoms with Crippen molar-refractivity contribution in [3.05, 3.63) is 58.1 Å². The zero-order chi connectivity index (χ0) is 29.2. The molecular formula is C32H42Cl2N4O3. The topological polar surface area (TPSA) is 65.1 Å². The number of rotatable bonds is 9. The second-order valence-electron chi connectivity index (χ2n) is 12.3. The number of methoxy groups -OCH3 is 1. The van der Waals surface area contributed by atoms with E-state index in [4.69, 9.17) is 27.9 Å². The molecule has 3 aliphatic heterocycles. The van der Waals surface area contributed by atoms with E-state index in [-0.39, 0.29) is 17.2 Å². The highest BCUT2D eigenvalue weighted by atomic mass is 35.5. The highest BCUT2D eigenvalue weighted by Gasteiger charge is 2.50. The summed E-state index contributed by atoms with van der Waals surface area (Å²) in [6.45, 7) is 8.88. The van der Waals surface area contributed by atoms with E-state index in [1.165, 1.54) is 5.56 Å². The first-order chi connectivity index (χ1) is 19.7. The Kier molecular flexibility index (Phi) is 9.07. The molecule has 1 N–H and O–H groups in total. The van der Waals surface area contributed by atoms with Crippen molar-refractivity contribution in [2.45, 2.75) is 63.3 Å². The molecule has 2 aromatic rings. The SMILES string of the molecule is COc1cccc(N2CNC(=O)C23CCN(CCCC2(c4ccc(Cl)c(Cl)c4)CCN(C(=O)CC(C)C)C2)CC3)c1. The summed E-state index contributed by atoms with van der Waals surface area (Å²) in [6, 6.07) is 13.9. The minimum atomic E-state index is -0.521. The molecule has 1 spiro atoms. The van der Waals surface area contributed by atoms with Crippen molar-refractivity contribution < 1.29 is 14.3 Å². The van der Waals surface area contributed by atoms with E-state index in [1.807, 2.05) is 35.2 Å². The monoisotopic (exact) mass is 600 g/mol. The molecule has 3 fully saturated rings. The smallest absolute Gasteiger partial charge is 0.247 e. The second kappa shape index (κ2) is 12.4. The van der Waals surface area contributed by atoms with Crippen LogP contribution in [0.2, 0.25) is 10.0 Å². The number of likely N-dealkylation sites (tertiary alicyclic amines) is 2. The number of benzene rings is 2. The van der Waals surface area contributed by atoms with E-state index in [1.54, 1.807) is 7.11 Å². The first kappa shape index (κ1) is 30.0. The third kappa shape index (κ3) is 6.18. The Morgan fingerprint density at radius 1 is 1.05 bits per heavy atom. The van der Waals surface area contributed by atoms with Crippen molar-refractivity contribution in [1.82, 2.24) is 15.1 Å². The molecule has 5 rings (SSSR count). The zero-order valence-electron chi connectivity index (χ0n) is 24.4. The molecule has 0 radical (unpaired) electrons. The summed E-state index contributed by atoms with van der Waals surface area (Å²) >= 11 is 12.7. The second-order valence-corrected chi connectivity index (χ2v) is 13.2. The molecule has 0 aromatic heterocycles. The molecule has 0 saturated carbocycles. The number of hydrogen-bond acceptors (Lipinski definition) is 5. The molecule has 41 heavy (non-hydrogen) atoms. The highest BCUT2D eigenvalue weighted by Crippen LogP contribution is 2.42. The summed E-state index contributed by atoms with van der Waals surface area (Å²) in [5.74, 6) is 1.49. The van der Waals surface area contributed by atoms with Crippen molar-refractivity contribution in [2.75, 3.05) is 51.4 Å². The lowest BCUT2D eigenvalue weighted by Crippen LogP contribution is -2.56. The lowest BCUT2D eigenvalue weighted by molar-refractivity contribution is -0.131. The van der Waals surface area contributed by atoms with Gasteiger partial charge in [0.15, 0.2) is 0 Å². The fourth-order valence-electron chi connectivity index (χ4n) is 6.96. The predicted octanol–water partition coefficient (Wildman–Crippen LogP) is 5.73. The average Bonchev–Trinajstić information content (AvgIpc) is 3.53. The zero-order valence-corrected chi connectivity index (χ0v) is 25.9. The molecule has 1 atom stereocenters. The Hall–Kier alpha value is -2.48. The number of anilines is 1. The van der Waals surface area contributed by atoms with E-state index < -0.39 is 5.54 Å². The molecule has 0 bridgehead atoms. The van der Waals surface area contributed by atoms with Gasteiger partial charge < -0.3 is 24.8 Å². The Bertz CT molecular complexity index is 1260. The van der Waals surface area contributed by atoms with E-state index in [9.17, 15) is 9.59 Å². The maximum Gasteiger partial charge on any atom is 0.247 e. The van der Waals surface area contributed by atoms with Crippen molar-refractivity contribution in [3.63, 3.8) is 0 Å². The molecule has 222 valence electrons. The fourth-order valence-corrected chi connectivity index (χ4v) is 7.26. The molecule has 2 aromatic carbocycles. The third-order valence-electron chi connectivity index (χ3n) is 9.34. The summed E-state index contributed by atoms with van der Waals surface area (Å²) in [4.78, 5) is 32.8. The van der Waals surface area contributed by atoms with Crippen LogP contribution in [0.25, 0.3) is 0 Å². The van der Waals surface area contributed by atoms with Crippen LogP contribution in [-0.2, 0) is 15.0 Å². The largest absolute Gasteiger partial charge is 0.497 e. The number of carbonyl (C=O) groups excluding carboxylic acids is 2. The summed E-state index contributed by atoms with van der Waals surface area (Å²) in [5, 5.41) is 4.21. The minimum Gasteiger partial charge on any atom is -0.497 e. The summed E-state index contributed by atoms with van der Waals surface area (Å²) in [7, 11) is 1.67. The van der Waals surface area contributed by atoms with Gasteiger partial charge in [0.25, 0.3) is 0 Å². The van der Waals surface area contributed by atoms with Crippen molar-refractivity contribution >= 4 is 40.7 Å². The van der Waals surface area contributed by atoms with E-state index >= 15 is 0 Å². The highest BCUT2D eigenvalue weighted by molar-refractivity contribution is 6.42. The van der Waals surface area contributed by atoms with Gasteiger partial charge in [-0.15, -0.1) is 0 Å². The average molecular weight is 602 g/mol. The number of piperidine rings is 1. The molecule has 9 heteroatoms. The van der Waals surface area contributed by atoms with Crippen LogP contribution in [-0.4, -0.2) is 73.7 Å².